The van der Waals surface area contributed by atoms with Gasteiger partial charge in [-0.05, 0) is 37.3 Å². The lowest BCUT2D eigenvalue weighted by Gasteiger charge is -2.21. The van der Waals surface area contributed by atoms with E-state index in [1.165, 1.54) is 5.56 Å². The molecule has 0 saturated heterocycles. The first-order valence-electron chi connectivity index (χ1n) is 6.56. The summed E-state index contributed by atoms with van der Waals surface area (Å²) in [4.78, 5) is 12.4. The van der Waals surface area contributed by atoms with E-state index in [0.717, 1.165) is 43.6 Å². The minimum absolute atomic E-state index is 0.132. The third kappa shape index (κ3) is 2.36. The quantitative estimate of drug-likeness (QED) is 0.741. The first-order valence-corrected chi connectivity index (χ1v) is 6.56. The molecule has 0 spiro atoms. The summed E-state index contributed by atoms with van der Waals surface area (Å²) in [7, 11) is 0. The van der Waals surface area contributed by atoms with Crippen molar-refractivity contribution >= 4 is 5.78 Å². The van der Waals surface area contributed by atoms with Crippen LogP contribution in [0.3, 0.4) is 0 Å². The zero-order valence-electron chi connectivity index (χ0n) is 10.7. The van der Waals surface area contributed by atoms with E-state index >= 15 is 0 Å². The van der Waals surface area contributed by atoms with Gasteiger partial charge in [0.25, 0.3) is 0 Å². The third-order valence-electron chi connectivity index (χ3n) is 3.56. The molecule has 1 aliphatic heterocycles. The number of para-hydroxylation sites is 1. The maximum atomic E-state index is 12.4. The van der Waals surface area contributed by atoms with Crippen molar-refractivity contribution in [2.75, 3.05) is 6.61 Å². The van der Waals surface area contributed by atoms with Crippen LogP contribution in [-0.4, -0.2) is 12.4 Å². The zero-order chi connectivity index (χ0) is 12.3. The molecule has 0 aliphatic carbocycles. The second-order valence-electron chi connectivity index (χ2n) is 4.62. The van der Waals surface area contributed by atoms with Crippen molar-refractivity contribution in [3.05, 3.63) is 29.3 Å². The number of carbonyl (C=O) groups is 1. The molecule has 0 bridgehead atoms. The molecular formula is C15H20O2. The molecule has 0 aromatic heterocycles. The van der Waals surface area contributed by atoms with Gasteiger partial charge in [0.1, 0.15) is 5.75 Å². The molecule has 0 unspecified atom stereocenters. The average Bonchev–Trinajstić information content (AvgIpc) is 2.39. The summed E-state index contributed by atoms with van der Waals surface area (Å²) < 4.78 is 5.69. The van der Waals surface area contributed by atoms with Gasteiger partial charge in [-0.1, -0.05) is 26.0 Å². The van der Waals surface area contributed by atoms with Gasteiger partial charge in [-0.2, -0.15) is 0 Å². The smallest absolute Gasteiger partial charge is 0.169 e. The Bertz CT molecular complexity index is 405. The second-order valence-corrected chi connectivity index (χ2v) is 4.62. The van der Waals surface area contributed by atoms with E-state index in [1.807, 2.05) is 12.1 Å². The lowest BCUT2D eigenvalue weighted by atomic mass is 9.90. The zero-order valence-corrected chi connectivity index (χ0v) is 10.7. The van der Waals surface area contributed by atoms with Crippen molar-refractivity contribution in [1.29, 1.82) is 0 Å². The average molecular weight is 232 g/mol. The number of benzene rings is 1. The third-order valence-corrected chi connectivity index (χ3v) is 3.56. The summed E-state index contributed by atoms with van der Waals surface area (Å²) >= 11 is 0. The molecule has 0 saturated carbocycles. The van der Waals surface area contributed by atoms with Crippen LogP contribution in [0.25, 0.3) is 0 Å². The van der Waals surface area contributed by atoms with E-state index in [1.54, 1.807) is 0 Å². The van der Waals surface area contributed by atoms with Crippen molar-refractivity contribution in [3.63, 3.8) is 0 Å². The summed E-state index contributed by atoms with van der Waals surface area (Å²) in [5.74, 6) is 1.22. The highest BCUT2D eigenvalue weighted by atomic mass is 16.5. The Hall–Kier alpha value is -1.31. The molecule has 1 heterocycles. The molecule has 2 nitrogen and oxygen atoms in total. The monoisotopic (exact) mass is 232 g/mol. The second kappa shape index (κ2) is 5.35. The van der Waals surface area contributed by atoms with Gasteiger partial charge >= 0.3 is 0 Å². The molecule has 0 atom stereocenters. The number of fused-ring (bicyclic) bond motifs is 1. The Morgan fingerprint density at radius 3 is 2.82 bits per heavy atom. The summed E-state index contributed by atoms with van der Waals surface area (Å²) in [5, 5.41) is 0. The number of ketones is 1. The number of Topliss-reactive ketones (excluding diaryl/α,β-unsaturated/α-hetero) is 1. The van der Waals surface area contributed by atoms with Gasteiger partial charge in [0.05, 0.1) is 12.2 Å². The predicted molar refractivity (Wildman–Crippen MR) is 68.7 cm³/mol. The highest BCUT2D eigenvalue weighted by Gasteiger charge is 2.23. The van der Waals surface area contributed by atoms with Gasteiger partial charge in [0, 0.05) is 5.92 Å². The van der Waals surface area contributed by atoms with E-state index < -0.39 is 0 Å². The van der Waals surface area contributed by atoms with Crippen LogP contribution in [0.5, 0.6) is 5.75 Å². The Morgan fingerprint density at radius 2 is 2.12 bits per heavy atom. The van der Waals surface area contributed by atoms with Gasteiger partial charge in [0.15, 0.2) is 5.78 Å². The summed E-state index contributed by atoms with van der Waals surface area (Å²) in [6.45, 7) is 4.88. The van der Waals surface area contributed by atoms with Gasteiger partial charge in [-0.15, -0.1) is 0 Å². The van der Waals surface area contributed by atoms with Gasteiger partial charge in [-0.3, -0.25) is 4.79 Å². The number of rotatable bonds is 4. The van der Waals surface area contributed by atoms with Crippen LogP contribution in [0.1, 0.15) is 49.0 Å². The molecule has 1 aromatic rings. The predicted octanol–water partition coefficient (Wildman–Crippen LogP) is 3.63. The van der Waals surface area contributed by atoms with E-state index in [4.69, 9.17) is 4.74 Å². The highest BCUT2D eigenvalue weighted by molar-refractivity contribution is 6.00. The Labute approximate surface area is 103 Å². The number of hydrogen-bond donors (Lipinski definition) is 0. The fourth-order valence-corrected chi connectivity index (χ4v) is 2.46. The lowest BCUT2D eigenvalue weighted by Crippen LogP contribution is -2.17. The molecule has 92 valence electrons. The molecule has 0 radical (unpaired) electrons. The first kappa shape index (κ1) is 12.2. The van der Waals surface area contributed by atoms with E-state index in [-0.39, 0.29) is 11.7 Å². The Balaban J connectivity index is 2.35. The fourth-order valence-electron chi connectivity index (χ4n) is 2.46. The van der Waals surface area contributed by atoms with Crippen LogP contribution in [-0.2, 0) is 6.42 Å². The van der Waals surface area contributed by atoms with Crippen molar-refractivity contribution in [2.45, 2.75) is 39.5 Å². The molecule has 0 N–H and O–H groups in total. The van der Waals surface area contributed by atoms with E-state index in [9.17, 15) is 4.79 Å². The summed E-state index contributed by atoms with van der Waals surface area (Å²) in [6, 6.07) is 5.95. The van der Waals surface area contributed by atoms with Crippen molar-refractivity contribution in [1.82, 2.24) is 0 Å². The number of carbonyl (C=O) groups excluding carboxylic acids is 1. The molecule has 2 heteroatoms. The molecular weight excluding hydrogens is 212 g/mol. The maximum Gasteiger partial charge on any atom is 0.169 e. The SMILES string of the molecule is CCC(CC)C(=O)c1cccc2c1OCCC2. The van der Waals surface area contributed by atoms with Crippen LogP contribution in [0.4, 0.5) is 0 Å². The first-order chi connectivity index (χ1) is 8.27. The fraction of sp³-hybridized carbons (Fsp3) is 0.533. The van der Waals surface area contributed by atoms with Crippen LogP contribution >= 0.6 is 0 Å². The number of ether oxygens (including phenoxy) is 1. The van der Waals surface area contributed by atoms with Crippen LogP contribution in [0.2, 0.25) is 0 Å². The normalized spacial score (nSPS) is 14.3. The topological polar surface area (TPSA) is 26.3 Å². The molecule has 17 heavy (non-hydrogen) atoms. The molecule has 1 aromatic carbocycles. The number of hydrogen-bond acceptors (Lipinski definition) is 2. The van der Waals surface area contributed by atoms with Crippen molar-refractivity contribution in [3.8, 4) is 5.75 Å². The van der Waals surface area contributed by atoms with Crippen LogP contribution in [0, 0.1) is 5.92 Å². The Morgan fingerprint density at radius 1 is 1.35 bits per heavy atom. The lowest BCUT2D eigenvalue weighted by molar-refractivity contribution is 0.0908. The maximum absolute atomic E-state index is 12.4. The largest absolute Gasteiger partial charge is 0.493 e. The minimum atomic E-state index is 0.132. The van der Waals surface area contributed by atoms with Gasteiger partial charge < -0.3 is 4.74 Å². The van der Waals surface area contributed by atoms with Gasteiger partial charge in [0.2, 0.25) is 0 Å². The molecule has 2 rings (SSSR count). The summed E-state index contributed by atoms with van der Waals surface area (Å²) in [6.07, 6.45) is 3.88. The highest BCUT2D eigenvalue weighted by Crippen LogP contribution is 2.31. The number of aryl methyl sites for hydroxylation is 1. The molecule has 0 amide bonds. The minimum Gasteiger partial charge on any atom is -0.493 e. The summed E-state index contributed by atoms with van der Waals surface area (Å²) in [5.41, 5.74) is 1.98. The van der Waals surface area contributed by atoms with E-state index in [0.29, 0.717) is 0 Å². The van der Waals surface area contributed by atoms with Crippen molar-refractivity contribution in [2.24, 2.45) is 5.92 Å². The molecule has 0 fully saturated rings. The van der Waals surface area contributed by atoms with Gasteiger partial charge in [-0.25, -0.2) is 0 Å². The molecule has 1 aliphatic rings. The van der Waals surface area contributed by atoms with Crippen molar-refractivity contribution < 1.29 is 9.53 Å². The van der Waals surface area contributed by atoms with Crippen LogP contribution < -0.4 is 4.74 Å². The van der Waals surface area contributed by atoms with Crippen LogP contribution in [0.15, 0.2) is 18.2 Å². The van der Waals surface area contributed by atoms with E-state index in [2.05, 4.69) is 19.9 Å². The standard InChI is InChI=1S/C15H20O2/c1-3-11(4-2)14(16)13-9-5-7-12-8-6-10-17-15(12)13/h5,7,9,11H,3-4,6,8,10H2,1-2H3. The Kier molecular flexibility index (Phi) is 3.82.